The minimum Gasteiger partial charge on any atom is -0.356 e. The van der Waals surface area contributed by atoms with Crippen molar-refractivity contribution in [3.8, 4) is 0 Å². The Hall–Kier alpha value is -2.71. The van der Waals surface area contributed by atoms with E-state index in [-0.39, 0.29) is 18.0 Å². The zero-order valence-corrected chi connectivity index (χ0v) is 17.8. The normalized spacial score (nSPS) is 15.3. The van der Waals surface area contributed by atoms with Crippen LogP contribution in [0.15, 0.2) is 39.6 Å². The van der Waals surface area contributed by atoms with Crippen LogP contribution in [0.4, 0.5) is 0 Å². The highest BCUT2D eigenvalue weighted by molar-refractivity contribution is 6.31. The highest BCUT2D eigenvalue weighted by Gasteiger charge is 2.26. The van der Waals surface area contributed by atoms with Crippen molar-refractivity contribution in [1.29, 1.82) is 0 Å². The molecule has 3 aromatic rings. The number of piperidine rings is 1. The summed E-state index contributed by atoms with van der Waals surface area (Å²) in [7, 11) is 2.06. The first-order valence-electron chi connectivity index (χ1n) is 9.97. The van der Waals surface area contributed by atoms with Crippen LogP contribution in [-0.4, -0.2) is 56.8 Å². The molecule has 0 radical (unpaired) electrons. The van der Waals surface area contributed by atoms with E-state index in [1.54, 1.807) is 19.1 Å². The molecule has 8 nitrogen and oxygen atoms in total. The van der Waals surface area contributed by atoms with Gasteiger partial charge in [-0.05, 0) is 51.1 Å². The second-order valence-corrected chi connectivity index (χ2v) is 8.20. The van der Waals surface area contributed by atoms with E-state index in [0.29, 0.717) is 36.4 Å². The van der Waals surface area contributed by atoms with Gasteiger partial charge in [-0.2, -0.15) is 5.10 Å². The fourth-order valence-corrected chi connectivity index (χ4v) is 4.06. The Bertz CT molecular complexity index is 1120. The van der Waals surface area contributed by atoms with Gasteiger partial charge in [0.25, 0.3) is 5.56 Å². The van der Waals surface area contributed by atoms with Crippen molar-refractivity contribution in [2.24, 2.45) is 0 Å². The zero-order chi connectivity index (χ0) is 21.3. The summed E-state index contributed by atoms with van der Waals surface area (Å²) >= 11 is 6.11. The molecule has 1 saturated heterocycles. The highest BCUT2D eigenvalue weighted by Crippen LogP contribution is 2.25. The van der Waals surface area contributed by atoms with Crippen molar-refractivity contribution in [1.82, 2.24) is 24.7 Å². The number of amides is 1. The predicted molar refractivity (Wildman–Crippen MR) is 113 cm³/mol. The summed E-state index contributed by atoms with van der Waals surface area (Å²) in [6, 6.07) is 8.91. The molecule has 0 spiro atoms. The topological polar surface area (TPSA) is 84.5 Å². The lowest BCUT2D eigenvalue weighted by molar-refractivity contribution is -0.133. The Kier molecular flexibility index (Phi) is 5.87. The molecule has 0 unspecified atom stereocenters. The number of carbonyl (C=O) groups excluding carboxylic acids is 1. The predicted octanol–water partition coefficient (Wildman–Crippen LogP) is 2.47. The summed E-state index contributed by atoms with van der Waals surface area (Å²) < 4.78 is 6.63. The summed E-state index contributed by atoms with van der Waals surface area (Å²) in [5.74, 6) is -0.0755. The van der Waals surface area contributed by atoms with Gasteiger partial charge >= 0.3 is 0 Å². The minimum atomic E-state index is -0.261. The third-order valence-corrected chi connectivity index (χ3v) is 5.87. The molecular formula is C21H24ClN5O3. The number of carbonyl (C=O) groups is 1. The molecule has 0 N–H and O–H groups in total. The van der Waals surface area contributed by atoms with Crippen molar-refractivity contribution in [2.75, 3.05) is 20.1 Å². The first kappa shape index (κ1) is 20.6. The lowest BCUT2D eigenvalue weighted by atomic mass is 10.0. The summed E-state index contributed by atoms with van der Waals surface area (Å²) in [5.41, 5.74) is 2.04. The maximum absolute atomic E-state index is 12.6. The molecule has 1 amide bonds. The molecule has 1 fully saturated rings. The van der Waals surface area contributed by atoms with Gasteiger partial charge in [-0.25, -0.2) is 4.68 Å². The quantitative estimate of drug-likeness (QED) is 0.619. The number of benzene rings is 1. The Labute approximate surface area is 179 Å². The van der Waals surface area contributed by atoms with Crippen LogP contribution in [0, 0.1) is 6.92 Å². The van der Waals surface area contributed by atoms with Crippen molar-refractivity contribution < 1.29 is 9.32 Å². The fraction of sp³-hybridized carbons (Fsp3) is 0.429. The zero-order valence-electron chi connectivity index (χ0n) is 17.0. The molecule has 158 valence electrons. The average molecular weight is 430 g/mol. The van der Waals surface area contributed by atoms with Gasteiger partial charge in [-0.1, -0.05) is 16.8 Å². The summed E-state index contributed by atoms with van der Waals surface area (Å²) in [6.45, 7) is 3.73. The van der Waals surface area contributed by atoms with Crippen molar-refractivity contribution >= 4 is 28.5 Å². The van der Waals surface area contributed by atoms with Crippen LogP contribution in [0.3, 0.4) is 0 Å². The molecule has 2 aromatic heterocycles. The van der Waals surface area contributed by atoms with E-state index in [9.17, 15) is 9.59 Å². The Morgan fingerprint density at radius 3 is 2.80 bits per heavy atom. The standard InChI is InChI=1S/C21H24ClN5O3/c1-14-3-6-20(28)27(23-14)13-21(29)26-9-7-16(8-10-26)25(2)12-18-17-11-15(22)4-5-19(17)30-24-18/h3-6,11,16H,7-10,12-13H2,1-2H3. The number of nitrogens with zero attached hydrogens (tertiary/aromatic N) is 5. The fourth-order valence-electron chi connectivity index (χ4n) is 3.89. The van der Waals surface area contributed by atoms with E-state index in [2.05, 4.69) is 22.2 Å². The van der Waals surface area contributed by atoms with Crippen LogP contribution >= 0.6 is 11.6 Å². The van der Waals surface area contributed by atoms with Crippen molar-refractivity contribution in [2.45, 2.75) is 38.9 Å². The highest BCUT2D eigenvalue weighted by atomic mass is 35.5. The van der Waals surface area contributed by atoms with Crippen LogP contribution in [-0.2, 0) is 17.9 Å². The van der Waals surface area contributed by atoms with E-state index in [0.717, 1.165) is 29.5 Å². The number of aromatic nitrogens is 3. The molecule has 30 heavy (non-hydrogen) atoms. The number of hydrogen-bond acceptors (Lipinski definition) is 6. The molecule has 0 saturated carbocycles. The summed E-state index contributed by atoms with van der Waals surface area (Å²) in [4.78, 5) is 28.6. The molecule has 9 heteroatoms. The first-order chi connectivity index (χ1) is 14.4. The maximum Gasteiger partial charge on any atom is 0.267 e. The van der Waals surface area contributed by atoms with Gasteiger partial charge in [0, 0.05) is 42.2 Å². The number of aryl methyl sites for hydroxylation is 1. The van der Waals surface area contributed by atoms with Gasteiger partial charge in [-0.3, -0.25) is 14.5 Å². The Balaban J connectivity index is 1.34. The molecule has 1 aliphatic heterocycles. The van der Waals surface area contributed by atoms with Crippen LogP contribution in [0.2, 0.25) is 5.02 Å². The Morgan fingerprint density at radius 1 is 1.27 bits per heavy atom. The molecule has 0 aliphatic carbocycles. The second kappa shape index (κ2) is 8.57. The van der Waals surface area contributed by atoms with Gasteiger partial charge in [-0.15, -0.1) is 0 Å². The van der Waals surface area contributed by atoms with Crippen LogP contribution in [0.5, 0.6) is 0 Å². The average Bonchev–Trinajstić information content (AvgIpc) is 3.12. The minimum absolute atomic E-state index is 0.0211. The van der Waals surface area contributed by atoms with Crippen LogP contribution in [0.25, 0.3) is 11.0 Å². The SMILES string of the molecule is Cc1ccc(=O)n(CC(=O)N2CCC(N(C)Cc3noc4ccc(Cl)cc34)CC2)n1. The van der Waals surface area contributed by atoms with Gasteiger partial charge < -0.3 is 9.42 Å². The Morgan fingerprint density at radius 2 is 2.03 bits per heavy atom. The number of hydrogen-bond donors (Lipinski definition) is 0. The van der Waals surface area contributed by atoms with Gasteiger partial charge in [0.2, 0.25) is 5.91 Å². The van der Waals surface area contributed by atoms with Crippen molar-refractivity contribution in [3.05, 3.63) is 57.1 Å². The van der Waals surface area contributed by atoms with E-state index in [1.165, 1.54) is 10.7 Å². The monoisotopic (exact) mass is 429 g/mol. The molecule has 1 aromatic carbocycles. The molecule has 3 heterocycles. The smallest absolute Gasteiger partial charge is 0.267 e. The van der Waals surface area contributed by atoms with Crippen molar-refractivity contribution in [3.63, 3.8) is 0 Å². The molecule has 0 bridgehead atoms. The van der Waals surface area contributed by atoms with E-state index in [1.807, 2.05) is 17.0 Å². The number of halogens is 1. The van der Waals surface area contributed by atoms with E-state index in [4.69, 9.17) is 16.1 Å². The van der Waals surface area contributed by atoms with Gasteiger partial charge in [0.15, 0.2) is 5.58 Å². The summed E-state index contributed by atoms with van der Waals surface area (Å²) in [5, 5.41) is 9.93. The second-order valence-electron chi connectivity index (χ2n) is 7.77. The third kappa shape index (κ3) is 4.39. The van der Waals surface area contributed by atoms with Crippen LogP contribution < -0.4 is 5.56 Å². The van der Waals surface area contributed by atoms with Gasteiger partial charge in [0.05, 0.1) is 5.69 Å². The van der Waals surface area contributed by atoms with E-state index < -0.39 is 0 Å². The van der Waals surface area contributed by atoms with Gasteiger partial charge in [0.1, 0.15) is 12.2 Å². The lowest BCUT2D eigenvalue weighted by Crippen LogP contribution is -2.47. The molecular weight excluding hydrogens is 406 g/mol. The largest absolute Gasteiger partial charge is 0.356 e. The number of fused-ring (bicyclic) bond motifs is 1. The van der Waals surface area contributed by atoms with E-state index >= 15 is 0 Å². The lowest BCUT2D eigenvalue weighted by Gasteiger charge is -2.36. The molecule has 4 rings (SSSR count). The first-order valence-corrected chi connectivity index (χ1v) is 10.3. The maximum atomic E-state index is 12.6. The third-order valence-electron chi connectivity index (χ3n) is 5.63. The van der Waals surface area contributed by atoms with Crippen LogP contribution in [0.1, 0.15) is 24.2 Å². The molecule has 1 aliphatic rings. The molecule has 0 atom stereocenters. The summed E-state index contributed by atoms with van der Waals surface area (Å²) in [6.07, 6.45) is 1.71. The number of likely N-dealkylation sites (tertiary alicyclic amines) is 1. The number of rotatable bonds is 5.